The maximum absolute atomic E-state index is 11.5. The summed E-state index contributed by atoms with van der Waals surface area (Å²) in [4.78, 5) is 6.05. The van der Waals surface area contributed by atoms with Crippen molar-refractivity contribution in [3.05, 3.63) is 23.9 Å². The third-order valence-corrected chi connectivity index (χ3v) is 4.48. The van der Waals surface area contributed by atoms with E-state index < -0.39 is 9.84 Å². The Kier molecular flexibility index (Phi) is 3.29. The molecule has 90 valence electrons. The summed E-state index contributed by atoms with van der Waals surface area (Å²) < 4.78 is 23.0. The van der Waals surface area contributed by atoms with Crippen molar-refractivity contribution >= 4 is 15.7 Å². The summed E-state index contributed by atoms with van der Waals surface area (Å²) in [6.07, 6.45) is 2.21. The molecule has 0 bridgehead atoms. The van der Waals surface area contributed by atoms with E-state index in [1.807, 2.05) is 4.90 Å². The molecule has 0 aromatic carbocycles. The monoisotopic (exact) mass is 251 g/mol. The molecule has 5 nitrogen and oxygen atoms in total. The summed E-state index contributed by atoms with van der Waals surface area (Å²) >= 11 is 0. The van der Waals surface area contributed by atoms with Crippen LogP contribution in [0.4, 0.5) is 5.82 Å². The first-order valence-corrected chi connectivity index (χ1v) is 7.25. The molecule has 1 saturated heterocycles. The van der Waals surface area contributed by atoms with Crippen LogP contribution in [0.5, 0.6) is 0 Å². The molecule has 0 amide bonds. The second kappa shape index (κ2) is 4.72. The van der Waals surface area contributed by atoms with Crippen LogP contribution in [0, 0.1) is 11.3 Å². The number of nitriles is 1. The second-order valence-electron chi connectivity index (χ2n) is 3.98. The number of anilines is 1. The van der Waals surface area contributed by atoms with Crippen LogP contribution < -0.4 is 4.90 Å². The van der Waals surface area contributed by atoms with E-state index in [4.69, 9.17) is 5.26 Å². The van der Waals surface area contributed by atoms with Crippen LogP contribution in [0.15, 0.2) is 18.3 Å². The molecule has 0 radical (unpaired) electrons. The largest absolute Gasteiger partial charge is 0.354 e. The number of pyridine rings is 1. The van der Waals surface area contributed by atoms with E-state index in [1.54, 1.807) is 18.3 Å². The number of rotatable bonds is 1. The fourth-order valence-corrected chi connectivity index (χ4v) is 3.16. The molecule has 1 aromatic heterocycles. The van der Waals surface area contributed by atoms with Gasteiger partial charge in [-0.25, -0.2) is 13.4 Å². The SMILES string of the molecule is N#Cc1cccnc1N1CCCS(=O)(=O)CC1. The molecule has 0 N–H and O–H groups in total. The van der Waals surface area contributed by atoms with Crippen molar-refractivity contribution in [2.24, 2.45) is 0 Å². The second-order valence-corrected chi connectivity index (χ2v) is 6.28. The highest BCUT2D eigenvalue weighted by molar-refractivity contribution is 7.91. The van der Waals surface area contributed by atoms with Gasteiger partial charge in [0.2, 0.25) is 0 Å². The average Bonchev–Trinajstić information content (AvgIpc) is 2.50. The average molecular weight is 251 g/mol. The predicted octanol–water partition coefficient (Wildman–Crippen LogP) is 0.578. The summed E-state index contributed by atoms with van der Waals surface area (Å²) in [5.41, 5.74) is 0.492. The van der Waals surface area contributed by atoms with Gasteiger partial charge in [0.25, 0.3) is 0 Å². The molecule has 0 aliphatic carbocycles. The highest BCUT2D eigenvalue weighted by atomic mass is 32.2. The molecule has 2 heterocycles. The van der Waals surface area contributed by atoms with Gasteiger partial charge in [0, 0.05) is 19.3 Å². The zero-order valence-electron chi connectivity index (χ0n) is 9.33. The van der Waals surface area contributed by atoms with Crippen molar-refractivity contribution in [1.82, 2.24) is 4.98 Å². The summed E-state index contributed by atoms with van der Waals surface area (Å²) in [6.45, 7) is 1.04. The molecule has 1 aromatic rings. The molecule has 0 unspecified atom stereocenters. The summed E-state index contributed by atoms with van der Waals surface area (Å²) in [5, 5.41) is 8.99. The smallest absolute Gasteiger partial charge is 0.152 e. The van der Waals surface area contributed by atoms with Gasteiger partial charge in [0.15, 0.2) is 9.84 Å². The standard InChI is InChI=1S/C11H13N3O2S/c12-9-10-3-1-4-13-11(10)14-5-2-7-17(15,16)8-6-14/h1,3-4H,2,5-8H2. The van der Waals surface area contributed by atoms with Crippen LogP contribution in [0.2, 0.25) is 0 Å². The number of aromatic nitrogens is 1. The van der Waals surface area contributed by atoms with Crippen molar-refractivity contribution in [1.29, 1.82) is 5.26 Å². The Morgan fingerprint density at radius 3 is 2.94 bits per heavy atom. The van der Waals surface area contributed by atoms with Gasteiger partial charge in [0.1, 0.15) is 11.9 Å². The number of nitrogens with zero attached hydrogens (tertiary/aromatic N) is 3. The van der Waals surface area contributed by atoms with Crippen molar-refractivity contribution in [3.8, 4) is 6.07 Å². The fourth-order valence-electron chi connectivity index (χ4n) is 1.89. The minimum Gasteiger partial charge on any atom is -0.354 e. The number of hydrogen-bond acceptors (Lipinski definition) is 5. The van der Waals surface area contributed by atoms with E-state index in [-0.39, 0.29) is 11.5 Å². The Morgan fingerprint density at radius 2 is 2.18 bits per heavy atom. The lowest BCUT2D eigenvalue weighted by atomic mass is 10.2. The number of hydrogen-bond donors (Lipinski definition) is 0. The highest BCUT2D eigenvalue weighted by Gasteiger charge is 2.21. The van der Waals surface area contributed by atoms with Crippen molar-refractivity contribution in [2.75, 3.05) is 29.5 Å². The lowest BCUT2D eigenvalue weighted by Gasteiger charge is -2.21. The first-order chi connectivity index (χ1) is 8.12. The van der Waals surface area contributed by atoms with Crippen LogP contribution in [-0.2, 0) is 9.84 Å². The predicted molar refractivity (Wildman–Crippen MR) is 64.4 cm³/mol. The normalized spacial score (nSPS) is 19.4. The fraction of sp³-hybridized carbons (Fsp3) is 0.455. The highest BCUT2D eigenvalue weighted by Crippen LogP contribution is 2.18. The van der Waals surface area contributed by atoms with Gasteiger partial charge in [-0.15, -0.1) is 0 Å². The van der Waals surface area contributed by atoms with Crippen LogP contribution in [0.1, 0.15) is 12.0 Å². The van der Waals surface area contributed by atoms with Crippen LogP contribution >= 0.6 is 0 Å². The quantitative estimate of drug-likeness (QED) is 0.730. The van der Waals surface area contributed by atoms with Crippen LogP contribution in [0.3, 0.4) is 0 Å². The van der Waals surface area contributed by atoms with Gasteiger partial charge in [-0.3, -0.25) is 0 Å². The lowest BCUT2D eigenvalue weighted by molar-refractivity contribution is 0.597. The van der Waals surface area contributed by atoms with Crippen LogP contribution in [0.25, 0.3) is 0 Å². The molecule has 0 spiro atoms. The van der Waals surface area contributed by atoms with Crippen LogP contribution in [-0.4, -0.2) is 38.0 Å². The Hall–Kier alpha value is -1.61. The molecule has 1 aliphatic rings. The number of sulfone groups is 1. The van der Waals surface area contributed by atoms with Gasteiger partial charge in [0.05, 0.1) is 17.1 Å². The third kappa shape index (κ3) is 2.74. The minimum absolute atomic E-state index is 0.133. The first kappa shape index (κ1) is 11.9. The molecule has 17 heavy (non-hydrogen) atoms. The Morgan fingerprint density at radius 1 is 1.35 bits per heavy atom. The summed E-state index contributed by atoms with van der Waals surface area (Å²) in [6, 6.07) is 5.48. The Balaban J connectivity index is 2.26. The molecule has 2 rings (SSSR count). The lowest BCUT2D eigenvalue weighted by Crippen LogP contribution is -2.28. The Bertz CT molecular complexity index is 548. The van der Waals surface area contributed by atoms with E-state index >= 15 is 0 Å². The minimum atomic E-state index is -2.93. The zero-order chi connectivity index (χ0) is 12.3. The summed E-state index contributed by atoms with van der Waals surface area (Å²) in [7, 11) is -2.93. The molecular formula is C11H13N3O2S. The van der Waals surface area contributed by atoms with Gasteiger partial charge in [-0.2, -0.15) is 5.26 Å². The van der Waals surface area contributed by atoms with E-state index in [0.717, 1.165) is 0 Å². The van der Waals surface area contributed by atoms with Gasteiger partial charge < -0.3 is 4.90 Å². The van der Waals surface area contributed by atoms with Crippen molar-refractivity contribution in [2.45, 2.75) is 6.42 Å². The van der Waals surface area contributed by atoms with Gasteiger partial charge >= 0.3 is 0 Å². The van der Waals surface area contributed by atoms with Crippen molar-refractivity contribution < 1.29 is 8.42 Å². The Labute approximate surface area is 101 Å². The molecule has 0 saturated carbocycles. The maximum atomic E-state index is 11.5. The van der Waals surface area contributed by atoms with E-state index in [2.05, 4.69) is 11.1 Å². The first-order valence-electron chi connectivity index (χ1n) is 5.43. The topological polar surface area (TPSA) is 74.1 Å². The van der Waals surface area contributed by atoms with E-state index in [1.165, 1.54) is 0 Å². The molecular weight excluding hydrogens is 238 g/mol. The molecule has 6 heteroatoms. The van der Waals surface area contributed by atoms with E-state index in [9.17, 15) is 8.42 Å². The maximum Gasteiger partial charge on any atom is 0.152 e. The van der Waals surface area contributed by atoms with Gasteiger partial charge in [-0.05, 0) is 18.6 Å². The molecule has 1 aliphatic heterocycles. The zero-order valence-corrected chi connectivity index (χ0v) is 10.2. The van der Waals surface area contributed by atoms with Crippen molar-refractivity contribution in [3.63, 3.8) is 0 Å². The molecule has 0 atom stereocenters. The van der Waals surface area contributed by atoms with E-state index in [0.29, 0.717) is 30.9 Å². The molecule has 1 fully saturated rings. The van der Waals surface area contributed by atoms with Gasteiger partial charge in [-0.1, -0.05) is 0 Å². The third-order valence-electron chi connectivity index (χ3n) is 2.76. The summed E-state index contributed by atoms with van der Waals surface area (Å²) in [5.74, 6) is 0.944.